The van der Waals surface area contributed by atoms with E-state index in [1.807, 2.05) is 0 Å². The van der Waals surface area contributed by atoms with Crippen molar-refractivity contribution in [1.82, 2.24) is 5.32 Å². The highest BCUT2D eigenvalue weighted by Crippen LogP contribution is 2.40. The molecule has 0 spiro atoms. The van der Waals surface area contributed by atoms with E-state index in [0.717, 1.165) is 0 Å². The summed E-state index contributed by atoms with van der Waals surface area (Å²) in [5.74, 6) is 0.347. The smallest absolute Gasteiger partial charge is 0.228 e. The summed E-state index contributed by atoms with van der Waals surface area (Å²) in [5, 5.41) is 3.45. The van der Waals surface area contributed by atoms with Gasteiger partial charge in [0.25, 0.3) is 0 Å². The zero-order valence-corrected chi connectivity index (χ0v) is 21.2. The van der Waals surface area contributed by atoms with Gasteiger partial charge in [-0.15, -0.1) is 0 Å². The molecule has 1 rings (SSSR count). The maximum atomic E-state index is 12.3. The van der Waals surface area contributed by atoms with Gasteiger partial charge in [-0.3, -0.25) is 4.79 Å². The second-order valence-electron chi connectivity index (χ2n) is 11.2. The molecule has 6 heteroatoms. The van der Waals surface area contributed by atoms with E-state index in [9.17, 15) is 4.79 Å². The maximum Gasteiger partial charge on any atom is 0.228 e. The minimum atomic E-state index is -1.88. The number of nitrogens with one attached hydrogen (secondary N) is 1. The van der Waals surface area contributed by atoms with Gasteiger partial charge in [-0.25, -0.2) is 0 Å². The van der Waals surface area contributed by atoms with E-state index >= 15 is 0 Å². The molecular weight excluding hydrogens is 358 g/mol. The van der Waals surface area contributed by atoms with Gasteiger partial charge in [0.2, 0.25) is 5.91 Å². The van der Waals surface area contributed by atoms with Crippen LogP contribution in [0, 0.1) is 11.8 Å². The molecule has 0 radical (unpaired) electrons. The van der Waals surface area contributed by atoms with Crippen molar-refractivity contribution in [1.29, 1.82) is 0 Å². The molecule has 0 unspecified atom stereocenters. The SMILES string of the molecule is C[C@@H](CO[Si](C)(C)C(C)(C)C)[C@H]1NC(=O)[C@@H]1[C@@H](C)O[Si](C)(C)C(C)(C)C. The van der Waals surface area contributed by atoms with Crippen molar-refractivity contribution in [2.75, 3.05) is 6.61 Å². The average Bonchev–Trinajstić information content (AvgIpc) is 2.38. The summed E-state index contributed by atoms with van der Waals surface area (Å²) in [6.45, 7) is 27.5. The summed E-state index contributed by atoms with van der Waals surface area (Å²) in [7, 11) is -3.65. The van der Waals surface area contributed by atoms with E-state index in [2.05, 4.69) is 86.9 Å². The Morgan fingerprint density at radius 1 is 0.962 bits per heavy atom. The van der Waals surface area contributed by atoms with Crippen LogP contribution in [0.3, 0.4) is 0 Å². The van der Waals surface area contributed by atoms with Crippen LogP contribution < -0.4 is 5.32 Å². The molecule has 1 saturated heterocycles. The molecule has 0 aromatic carbocycles. The van der Waals surface area contributed by atoms with Crippen LogP contribution in [0.5, 0.6) is 0 Å². The molecule has 0 aliphatic carbocycles. The summed E-state index contributed by atoms with van der Waals surface area (Å²) in [6, 6.07) is 0.145. The lowest BCUT2D eigenvalue weighted by Crippen LogP contribution is -2.66. The maximum absolute atomic E-state index is 12.3. The standard InChI is InChI=1S/C20H43NO3Si2/c1-14(13-23-25(9,10)19(3,4)5)17-16(18(22)21-17)15(2)24-26(11,12)20(6,7)8/h14-17H,13H2,1-12H3,(H,21,22)/t14-,15+,16+,17+/m0/s1. The summed E-state index contributed by atoms with van der Waals surface area (Å²) in [4.78, 5) is 12.3. The Bertz CT molecular complexity index is 506. The van der Waals surface area contributed by atoms with Crippen LogP contribution >= 0.6 is 0 Å². The van der Waals surface area contributed by atoms with Crippen LogP contribution in [0.2, 0.25) is 36.3 Å². The highest BCUT2D eigenvalue weighted by atomic mass is 28.4. The molecular formula is C20H43NO3Si2. The molecule has 1 fully saturated rings. The number of hydrogen-bond donors (Lipinski definition) is 1. The molecule has 4 atom stereocenters. The van der Waals surface area contributed by atoms with Crippen LogP contribution in [-0.2, 0) is 13.6 Å². The van der Waals surface area contributed by atoms with Gasteiger partial charge in [0, 0.05) is 12.6 Å². The van der Waals surface area contributed by atoms with Crippen molar-refractivity contribution in [2.24, 2.45) is 11.8 Å². The molecule has 1 aliphatic rings. The summed E-state index contributed by atoms with van der Waals surface area (Å²) >= 11 is 0. The van der Waals surface area contributed by atoms with Crippen LogP contribution in [0.1, 0.15) is 55.4 Å². The fraction of sp³-hybridized carbons (Fsp3) is 0.950. The van der Waals surface area contributed by atoms with E-state index in [0.29, 0.717) is 6.61 Å². The Balaban J connectivity index is 2.73. The normalized spacial score (nSPS) is 24.7. The van der Waals surface area contributed by atoms with Gasteiger partial charge in [-0.05, 0) is 49.1 Å². The molecule has 1 heterocycles. The van der Waals surface area contributed by atoms with Crippen LogP contribution in [0.25, 0.3) is 0 Å². The van der Waals surface area contributed by atoms with Crippen molar-refractivity contribution in [2.45, 2.75) is 104 Å². The van der Waals surface area contributed by atoms with Crippen LogP contribution in [0.15, 0.2) is 0 Å². The third-order valence-electron chi connectivity index (χ3n) is 6.92. The Kier molecular flexibility index (Phi) is 7.05. The van der Waals surface area contributed by atoms with Gasteiger partial charge < -0.3 is 14.2 Å². The van der Waals surface area contributed by atoms with Gasteiger partial charge in [0.1, 0.15) is 0 Å². The molecule has 1 N–H and O–H groups in total. The Morgan fingerprint density at radius 3 is 1.81 bits per heavy atom. The number of carbonyl (C=O) groups is 1. The van der Waals surface area contributed by atoms with Crippen molar-refractivity contribution < 1.29 is 13.6 Å². The fourth-order valence-electron chi connectivity index (χ4n) is 2.79. The number of rotatable bonds is 7. The molecule has 0 saturated carbocycles. The number of β-lactam (4-membered cyclic amide) rings is 1. The van der Waals surface area contributed by atoms with Gasteiger partial charge in [-0.1, -0.05) is 48.5 Å². The van der Waals surface area contributed by atoms with Crippen molar-refractivity contribution in [3.63, 3.8) is 0 Å². The lowest BCUT2D eigenvalue weighted by molar-refractivity contribution is -0.142. The monoisotopic (exact) mass is 401 g/mol. The predicted molar refractivity (Wildman–Crippen MR) is 115 cm³/mol. The third-order valence-corrected chi connectivity index (χ3v) is 16.0. The van der Waals surface area contributed by atoms with E-state index < -0.39 is 16.6 Å². The molecule has 26 heavy (non-hydrogen) atoms. The molecule has 0 aromatic heterocycles. The van der Waals surface area contributed by atoms with E-state index in [1.165, 1.54) is 0 Å². The van der Waals surface area contributed by atoms with Gasteiger partial charge in [0.05, 0.1) is 12.0 Å². The van der Waals surface area contributed by atoms with E-state index in [1.54, 1.807) is 0 Å². The fourth-order valence-corrected chi connectivity index (χ4v) is 5.34. The van der Waals surface area contributed by atoms with Crippen molar-refractivity contribution in [3.05, 3.63) is 0 Å². The van der Waals surface area contributed by atoms with E-state index in [4.69, 9.17) is 8.85 Å². The minimum absolute atomic E-state index is 0.0510. The van der Waals surface area contributed by atoms with Crippen molar-refractivity contribution in [3.8, 4) is 0 Å². The van der Waals surface area contributed by atoms with Crippen molar-refractivity contribution >= 4 is 22.5 Å². The lowest BCUT2D eigenvalue weighted by Gasteiger charge is -2.47. The largest absolute Gasteiger partial charge is 0.416 e. The Hall–Kier alpha value is -0.176. The first-order valence-electron chi connectivity index (χ1n) is 10.0. The van der Waals surface area contributed by atoms with Gasteiger partial charge in [-0.2, -0.15) is 0 Å². The second kappa shape index (κ2) is 7.68. The molecule has 4 nitrogen and oxygen atoms in total. The van der Waals surface area contributed by atoms with E-state index in [-0.39, 0.29) is 40.0 Å². The second-order valence-corrected chi connectivity index (χ2v) is 20.8. The summed E-state index contributed by atoms with van der Waals surface area (Å²) in [6.07, 6.45) is -0.0510. The predicted octanol–water partition coefficient (Wildman–Crippen LogP) is 5.17. The summed E-state index contributed by atoms with van der Waals surface area (Å²) < 4.78 is 12.9. The minimum Gasteiger partial charge on any atom is -0.416 e. The quantitative estimate of drug-likeness (QED) is 0.473. The highest BCUT2D eigenvalue weighted by Gasteiger charge is 2.49. The molecule has 154 valence electrons. The number of amides is 1. The first-order chi connectivity index (χ1) is 11.4. The Labute approximate surface area is 164 Å². The van der Waals surface area contributed by atoms with Gasteiger partial charge in [0.15, 0.2) is 16.6 Å². The number of carbonyl (C=O) groups excluding carboxylic acids is 1. The number of hydrogen-bond acceptors (Lipinski definition) is 3. The topological polar surface area (TPSA) is 47.6 Å². The molecule has 1 amide bonds. The summed E-state index contributed by atoms with van der Waals surface area (Å²) in [5.41, 5.74) is 0. The molecule has 0 aromatic rings. The van der Waals surface area contributed by atoms with Crippen LogP contribution in [-0.4, -0.2) is 41.3 Å². The molecule has 1 aliphatic heterocycles. The first-order valence-corrected chi connectivity index (χ1v) is 15.8. The lowest BCUT2D eigenvalue weighted by atomic mass is 9.79. The molecule has 0 bridgehead atoms. The van der Waals surface area contributed by atoms with Crippen LogP contribution in [0.4, 0.5) is 0 Å². The van der Waals surface area contributed by atoms with Gasteiger partial charge >= 0.3 is 0 Å². The zero-order valence-electron chi connectivity index (χ0n) is 19.2. The average molecular weight is 402 g/mol. The zero-order chi connectivity index (χ0) is 20.7. The highest BCUT2D eigenvalue weighted by molar-refractivity contribution is 6.74. The first kappa shape index (κ1) is 23.9. The Morgan fingerprint density at radius 2 is 1.42 bits per heavy atom. The third kappa shape index (κ3) is 5.21.